The summed E-state index contributed by atoms with van der Waals surface area (Å²) in [4.78, 5) is 0.118. The molecule has 0 spiro atoms. The van der Waals surface area contributed by atoms with Crippen molar-refractivity contribution in [3.05, 3.63) is 23.2 Å². The molecule has 6 heteroatoms. The highest BCUT2D eigenvalue weighted by atomic mass is 35.5. The first-order valence-corrected chi connectivity index (χ1v) is 7.20. The molecule has 0 atom stereocenters. The molecule has 0 saturated heterocycles. The largest absolute Gasteiger partial charge is 0.495 e. The van der Waals surface area contributed by atoms with Gasteiger partial charge in [0, 0.05) is 10.9 Å². The smallest absolute Gasteiger partial charge is 0.182 e. The Kier molecular flexibility index (Phi) is 4.89. The second-order valence-electron chi connectivity index (χ2n) is 3.16. The summed E-state index contributed by atoms with van der Waals surface area (Å²) in [6.07, 6.45) is 0.402. The van der Waals surface area contributed by atoms with Crippen molar-refractivity contribution in [2.24, 2.45) is 0 Å². The van der Waals surface area contributed by atoms with Gasteiger partial charge in [-0.25, -0.2) is 8.42 Å². The minimum atomic E-state index is -3.38. The molecule has 90 valence electrons. The topological polar surface area (TPSA) is 43.4 Å². The van der Waals surface area contributed by atoms with Crippen LogP contribution in [0.2, 0.25) is 5.02 Å². The number of alkyl halides is 1. The molecule has 1 aromatic carbocycles. The van der Waals surface area contributed by atoms with Crippen molar-refractivity contribution < 1.29 is 13.2 Å². The number of sulfone groups is 1. The van der Waals surface area contributed by atoms with Crippen LogP contribution >= 0.6 is 23.2 Å². The molecular weight excluding hydrogens is 271 g/mol. The van der Waals surface area contributed by atoms with E-state index in [9.17, 15) is 8.42 Å². The second kappa shape index (κ2) is 5.75. The van der Waals surface area contributed by atoms with Crippen molar-refractivity contribution in [2.75, 3.05) is 18.7 Å². The first kappa shape index (κ1) is 13.6. The Morgan fingerprint density at radius 1 is 1.38 bits per heavy atom. The Bertz CT molecular complexity index is 457. The van der Waals surface area contributed by atoms with Gasteiger partial charge >= 0.3 is 0 Å². The first-order chi connectivity index (χ1) is 7.51. The van der Waals surface area contributed by atoms with Crippen LogP contribution < -0.4 is 4.74 Å². The van der Waals surface area contributed by atoms with Gasteiger partial charge in [-0.3, -0.25) is 0 Å². The molecule has 0 aliphatic rings. The summed E-state index contributed by atoms with van der Waals surface area (Å²) in [5, 5.41) is 0.366. The third-order valence-corrected chi connectivity index (χ3v) is 4.33. The van der Waals surface area contributed by atoms with E-state index in [4.69, 9.17) is 27.9 Å². The number of hydrogen-bond acceptors (Lipinski definition) is 3. The minimum Gasteiger partial charge on any atom is -0.495 e. The lowest BCUT2D eigenvalue weighted by molar-refractivity contribution is 0.402. The van der Waals surface area contributed by atoms with Crippen molar-refractivity contribution in [3.8, 4) is 5.75 Å². The SMILES string of the molecule is COc1ccc(Cl)cc1S(=O)(=O)CCCCl. The molecule has 0 unspecified atom stereocenters. The molecule has 0 fully saturated rings. The highest BCUT2D eigenvalue weighted by molar-refractivity contribution is 7.91. The molecule has 0 amide bonds. The Morgan fingerprint density at radius 2 is 2.06 bits per heavy atom. The van der Waals surface area contributed by atoms with E-state index >= 15 is 0 Å². The van der Waals surface area contributed by atoms with Crippen LogP contribution in [-0.4, -0.2) is 27.2 Å². The quantitative estimate of drug-likeness (QED) is 0.780. The van der Waals surface area contributed by atoms with Crippen molar-refractivity contribution in [1.82, 2.24) is 0 Å². The maximum atomic E-state index is 11.9. The van der Waals surface area contributed by atoms with Crippen LogP contribution in [0.25, 0.3) is 0 Å². The summed E-state index contributed by atoms with van der Waals surface area (Å²) in [6.45, 7) is 0. The van der Waals surface area contributed by atoms with Crippen LogP contribution in [-0.2, 0) is 9.84 Å². The van der Waals surface area contributed by atoms with Crippen LogP contribution in [0.4, 0.5) is 0 Å². The fourth-order valence-corrected chi connectivity index (χ4v) is 3.29. The first-order valence-electron chi connectivity index (χ1n) is 4.63. The summed E-state index contributed by atoms with van der Waals surface area (Å²) in [5.41, 5.74) is 0. The molecule has 0 bridgehead atoms. The molecule has 1 rings (SSSR count). The molecule has 3 nitrogen and oxygen atoms in total. The molecule has 0 radical (unpaired) electrons. The summed E-state index contributed by atoms with van der Waals surface area (Å²) in [7, 11) is -1.96. The monoisotopic (exact) mass is 282 g/mol. The second-order valence-corrected chi connectivity index (χ2v) is 6.05. The van der Waals surface area contributed by atoms with Crippen LogP contribution in [0.3, 0.4) is 0 Å². The summed E-state index contributed by atoms with van der Waals surface area (Å²) in [6, 6.07) is 4.51. The van der Waals surface area contributed by atoms with Crippen molar-refractivity contribution in [1.29, 1.82) is 0 Å². The average molecular weight is 283 g/mol. The summed E-state index contributed by atoms with van der Waals surface area (Å²) in [5.74, 6) is 0.606. The van der Waals surface area contributed by atoms with Crippen LogP contribution in [0.5, 0.6) is 5.75 Å². The predicted octanol–water partition coefficient (Wildman–Crippen LogP) is 2.75. The fraction of sp³-hybridized carbons (Fsp3) is 0.400. The molecule has 1 aromatic rings. The van der Waals surface area contributed by atoms with Crippen molar-refractivity contribution in [3.63, 3.8) is 0 Å². The van der Waals surface area contributed by atoms with Gasteiger partial charge < -0.3 is 4.74 Å². The number of hydrogen-bond donors (Lipinski definition) is 0. The van der Waals surface area contributed by atoms with Gasteiger partial charge in [0.25, 0.3) is 0 Å². The number of rotatable bonds is 5. The zero-order valence-electron chi connectivity index (χ0n) is 8.74. The maximum absolute atomic E-state index is 11.9. The van der Waals surface area contributed by atoms with E-state index < -0.39 is 9.84 Å². The molecule has 0 aromatic heterocycles. The van der Waals surface area contributed by atoms with E-state index in [0.717, 1.165) is 0 Å². The Morgan fingerprint density at radius 3 is 2.62 bits per heavy atom. The lowest BCUT2D eigenvalue weighted by Crippen LogP contribution is -2.09. The van der Waals surface area contributed by atoms with Gasteiger partial charge in [0.2, 0.25) is 0 Å². The van der Waals surface area contributed by atoms with E-state index in [1.165, 1.54) is 19.2 Å². The molecule has 0 aliphatic heterocycles. The standard InChI is InChI=1S/C10H12Cl2O3S/c1-15-9-4-3-8(12)7-10(9)16(13,14)6-2-5-11/h3-4,7H,2,5-6H2,1H3. The maximum Gasteiger partial charge on any atom is 0.182 e. The molecule has 16 heavy (non-hydrogen) atoms. The van der Waals surface area contributed by atoms with E-state index in [1.54, 1.807) is 6.07 Å². The summed E-state index contributed by atoms with van der Waals surface area (Å²) >= 11 is 11.2. The minimum absolute atomic E-state index is 0.00674. The Labute approximate surface area is 105 Å². The molecule has 0 saturated carbocycles. The van der Waals surface area contributed by atoms with E-state index in [1.807, 2.05) is 0 Å². The van der Waals surface area contributed by atoms with Crippen LogP contribution in [0, 0.1) is 0 Å². The highest BCUT2D eigenvalue weighted by Crippen LogP contribution is 2.28. The summed E-state index contributed by atoms with van der Waals surface area (Å²) < 4.78 is 28.8. The van der Waals surface area contributed by atoms with Crippen LogP contribution in [0.15, 0.2) is 23.1 Å². The van der Waals surface area contributed by atoms with Gasteiger partial charge in [-0.05, 0) is 24.6 Å². The zero-order valence-corrected chi connectivity index (χ0v) is 11.1. The molecule has 0 heterocycles. The number of ether oxygens (including phenoxy) is 1. The normalized spacial score (nSPS) is 11.4. The lowest BCUT2D eigenvalue weighted by atomic mass is 10.3. The van der Waals surface area contributed by atoms with Gasteiger partial charge in [0.15, 0.2) is 9.84 Å². The van der Waals surface area contributed by atoms with E-state index in [2.05, 4.69) is 0 Å². The molecule has 0 N–H and O–H groups in total. The average Bonchev–Trinajstić information content (AvgIpc) is 2.26. The number of methoxy groups -OCH3 is 1. The van der Waals surface area contributed by atoms with Gasteiger partial charge in [-0.1, -0.05) is 11.6 Å². The van der Waals surface area contributed by atoms with E-state index in [-0.39, 0.29) is 10.6 Å². The third kappa shape index (κ3) is 3.27. The van der Waals surface area contributed by atoms with Crippen molar-refractivity contribution >= 4 is 33.0 Å². The Hall–Kier alpha value is -0.450. The number of benzene rings is 1. The molecular formula is C10H12Cl2O3S. The van der Waals surface area contributed by atoms with Crippen LogP contribution in [0.1, 0.15) is 6.42 Å². The highest BCUT2D eigenvalue weighted by Gasteiger charge is 2.19. The fourth-order valence-electron chi connectivity index (χ4n) is 1.25. The lowest BCUT2D eigenvalue weighted by Gasteiger charge is -2.09. The number of halogens is 2. The van der Waals surface area contributed by atoms with Gasteiger partial charge in [0.05, 0.1) is 12.9 Å². The van der Waals surface area contributed by atoms with Gasteiger partial charge in [-0.15, -0.1) is 11.6 Å². The molecule has 0 aliphatic carbocycles. The van der Waals surface area contributed by atoms with E-state index in [0.29, 0.717) is 23.1 Å². The predicted molar refractivity (Wildman–Crippen MR) is 65.4 cm³/mol. The van der Waals surface area contributed by atoms with Crippen molar-refractivity contribution in [2.45, 2.75) is 11.3 Å². The van der Waals surface area contributed by atoms with Gasteiger partial charge in [-0.2, -0.15) is 0 Å². The van der Waals surface area contributed by atoms with Gasteiger partial charge in [0.1, 0.15) is 10.6 Å². The third-order valence-electron chi connectivity index (χ3n) is 2.01. The zero-order chi connectivity index (χ0) is 12.2. The Balaban J connectivity index is 3.15.